The summed E-state index contributed by atoms with van der Waals surface area (Å²) in [4.78, 5) is 49.4. The van der Waals surface area contributed by atoms with Crippen molar-refractivity contribution in [2.75, 3.05) is 45.6 Å². The highest BCUT2D eigenvalue weighted by molar-refractivity contribution is 7.88. The second-order valence-electron chi connectivity index (χ2n) is 10.1. The van der Waals surface area contributed by atoms with Crippen molar-refractivity contribution in [3.63, 3.8) is 0 Å². The number of aliphatic carboxylic acids is 2. The number of carboxylic acid groups (broad SMARTS) is 2. The normalized spacial score (nSPS) is 25.0. The molecule has 2 unspecified atom stereocenters. The van der Waals surface area contributed by atoms with Crippen molar-refractivity contribution in [1.29, 1.82) is 0 Å². The van der Waals surface area contributed by atoms with Gasteiger partial charge in [0.25, 0.3) is 0 Å². The second kappa shape index (κ2) is 14.9. The molecule has 14 nitrogen and oxygen atoms in total. The van der Waals surface area contributed by atoms with E-state index in [0.29, 0.717) is 25.8 Å². The molecule has 0 aromatic rings. The SMILES string of the molecule is CCC[C@H]1C(=O)N(S(C)(=O)=O)[C@H]2CCN(C(=O)CCCCCN3CCOCC3)[C@H]12.O=C(O)C(O)C(O)C(=O)O. The van der Waals surface area contributed by atoms with Crippen LogP contribution in [0.15, 0.2) is 0 Å². The molecule has 2 amide bonds. The van der Waals surface area contributed by atoms with Crippen molar-refractivity contribution >= 4 is 33.8 Å². The van der Waals surface area contributed by atoms with Crippen molar-refractivity contribution < 1.29 is 52.8 Å². The molecule has 0 aromatic heterocycles. The Kier molecular flexibility index (Phi) is 12.5. The van der Waals surface area contributed by atoms with Gasteiger partial charge in [-0.3, -0.25) is 14.5 Å². The number of fused-ring (bicyclic) bond motifs is 1. The first kappa shape index (κ1) is 32.9. The Morgan fingerprint density at radius 3 is 2.10 bits per heavy atom. The second-order valence-corrected chi connectivity index (χ2v) is 11.9. The van der Waals surface area contributed by atoms with Crippen molar-refractivity contribution in [3.8, 4) is 0 Å². The van der Waals surface area contributed by atoms with Gasteiger partial charge in [0.05, 0.1) is 37.5 Å². The van der Waals surface area contributed by atoms with Crippen molar-refractivity contribution in [2.45, 2.75) is 76.2 Å². The molecule has 4 N–H and O–H groups in total. The fourth-order valence-corrected chi connectivity index (χ4v) is 6.53. The van der Waals surface area contributed by atoms with Gasteiger partial charge in [0.15, 0.2) is 12.2 Å². The molecule has 3 fully saturated rings. The first-order valence-corrected chi connectivity index (χ1v) is 15.1. The molecule has 3 rings (SSSR count). The van der Waals surface area contributed by atoms with Gasteiger partial charge in [-0.05, 0) is 32.2 Å². The minimum absolute atomic E-state index is 0.0631. The number of nitrogens with zero attached hydrogens (tertiary/aromatic N) is 3. The van der Waals surface area contributed by atoms with Gasteiger partial charge < -0.3 is 30.1 Å². The average molecular weight is 580 g/mol. The quantitative estimate of drug-likeness (QED) is 0.205. The van der Waals surface area contributed by atoms with Crippen LogP contribution in [0.5, 0.6) is 0 Å². The third-order valence-electron chi connectivity index (χ3n) is 7.22. The van der Waals surface area contributed by atoms with Crippen LogP contribution in [0.4, 0.5) is 0 Å². The van der Waals surface area contributed by atoms with Crippen LogP contribution >= 0.6 is 0 Å². The van der Waals surface area contributed by atoms with E-state index >= 15 is 0 Å². The number of rotatable bonds is 12. The van der Waals surface area contributed by atoms with Gasteiger partial charge in [0, 0.05) is 26.1 Å². The number of morpholine rings is 1. The van der Waals surface area contributed by atoms with E-state index in [9.17, 15) is 27.6 Å². The summed E-state index contributed by atoms with van der Waals surface area (Å²) in [5, 5.41) is 32.5. The molecular formula is C24H41N3O11S. The number of carbonyl (C=O) groups excluding carboxylic acids is 2. The summed E-state index contributed by atoms with van der Waals surface area (Å²) >= 11 is 0. The van der Waals surface area contributed by atoms with Crippen LogP contribution in [0.1, 0.15) is 51.9 Å². The van der Waals surface area contributed by atoms with Crippen molar-refractivity contribution in [2.24, 2.45) is 5.92 Å². The van der Waals surface area contributed by atoms with E-state index in [0.717, 1.165) is 69.1 Å². The highest BCUT2D eigenvalue weighted by atomic mass is 32.2. The number of sulfonamides is 1. The van der Waals surface area contributed by atoms with Gasteiger partial charge in [0.1, 0.15) is 0 Å². The monoisotopic (exact) mass is 579 g/mol. The van der Waals surface area contributed by atoms with Crippen molar-refractivity contribution in [1.82, 2.24) is 14.1 Å². The Bertz CT molecular complexity index is 952. The fraction of sp³-hybridized carbons (Fsp3) is 0.833. The maximum absolute atomic E-state index is 12.9. The molecule has 3 saturated heterocycles. The highest BCUT2D eigenvalue weighted by Crippen LogP contribution is 2.40. The summed E-state index contributed by atoms with van der Waals surface area (Å²) in [5.41, 5.74) is 0. The van der Waals surface area contributed by atoms with Gasteiger partial charge in [-0.15, -0.1) is 0 Å². The lowest BCUT2D eigenvalue weighted by molar-refractivity contribution is -0.165. The van der Waals surface area contributed by atoms with Crippen molar-refractivity contribution in [3.05, 3.63) is 0 Å². The number of carbonyl (C=O) groups is 4. The maximum atomic E-state index is 12.9. The molecular weight excluding hydrogens is 538 g/mol. The van der Waals surface area contributed by atoms with Crippen LogP contribution in [0, 0.1) is 5.92 Å². The summed E-state index contributed by atoms with van der Waals surface area (Å²) in [6.45, 7) is 7.15. The molecule has 5 atom stereocenters. The van der Waals surface area contributed by atoms with Gasteiger partial charge in [-0.1, -0.05) is 19.8 Å². The molecule has 0 aliphatic carbocycles. The molecule has 0 radical (unpaired) electrons. The molecule has 3 aliphatic heterocycles. The Hall–Kier alpha value is -2.33. The Labute approximate surface area is 228 Å². The highest BCUT2D eigenvalue weighted by Gasteiger charge is 2.56. The van der Waals surface area contributed by atoms with E-state index in [4.69, 9.17) is 25.2 Å². The summed E-state index contributed by atoms with van der Waals surface area (Å²) < 4.78 is 30.8. The number of ether oxygens (including phenoxy) is 1. The molecule has 3 heterocycles. The van der Waals surface area contributed by atoms with Gasteiger partial charge >= 0.3 is 11.9 Å². The molecule has 39 heavy (non-hydrogen) atoms. The average Bonchev–Trinajstić information content (AvgIpc) is 3.41. The van der Waals surface area contributed by atoms with E-state index in [1.807, 2.05) is 6.92 Å². The summed E-state index contributed by atoms with van der Waals surface area (Å²) in [6.07, 6.45) is 1.89. The third-order valence-corrected chi connectivity index (χ3v) is 8.38. The first-order valence-electron chi connectivity index (χ1n) is 13.3. The fourth-order valence-electron chi connectivity index (χ4n) is 5.35. The molecule has 224 valence electrons. The predicted octanol–water partition coefficient (Wildman–Crippen LogP) is -1.06. The third kappa shape index (κ3) is 8.83. The lowest BCUT2D eigenvalue weighted by Crippen LogP contribution is -2.43. The number of aliphatic hydroxyl groups is 2. The van der Waals surface area contributed by atoms with Gasteiger partial charge in [-0.2, -0.15) is 0 Å². The predicted molar refractivity (Wildman–Crippen MR) is 137 cm³/mol. The standard InChI is InChI=1S/C20H35N3O5S.C4H6O6/c1-3-7-16-19-17(23(20(16)25)29(2,26)27)9-11-22(19)18(24)8-5-4-6-10-21-12-14-28-15-13-21;5-1(3(7)8)2(6)4(9)10/h16-17,19H,3-15H2,1-2H3;1-2,5-6H,(H,7,8)(H,9,10)/t16-,17+,19-;/m1./s1. The number of carboxylic acids is 2. The van der Waals surface area contributed by atoms with Crippen LogP contribution in [0.3, 0.4) is 0 Å². The lowest BCUT2D eigenvalue weighted by atomic mass is 9.94. The lowest BCUT2D eigenvalue weighted by Gasteiger charge is -2.28. The topological polar surface area (TPSA) is 202 Å². The minimum atomic E-state index is -3.61. The number of aliphatic hydroxyl groups excluding tert-OH is 2. The molecule has 0 aromatic carbocycles. The molecule has 0 spiro atoms. The number of amides is 2. The minimum Gasteiger partial charge on any atom is -0.479 e. The molecule has 0 bridgehead atoms. The van der Waals surface area contributed by atoms with Crippen LogP contribution in [0.2, 0.25) is 0 Å². The van der Waals surface area contributed by atoms with E-state index in [1.54, 1.807) is 4.90 Å². The van der Waals surface area contributed by atoms with Crippen LogP contribution < -0.4 is 0 Å². The Morgan fingerprint density at radius 2 is 1.59 bits per heavy atom. The zero-order chi connectivity index (χ0) is 29.3. The van der Waals surface area contributed by atoms with Gasteiger partial charge in [-0.25, -0.2) is 22.3 Å². The smallest absolute Gasteiger partial charge is 0.335 e. The summed E-state index contributed by atoms with van der Waals surface area (Å²) in [5.74, 6) is -4.20. The summed E-state index contributed by atoms with van der Waals surface area (Å²) in [6, 6.07) is -0.683. The van der Waals surface area contributed by atoms with Gasteiger partial charge in [0.2, 0.25) is 21.8 Å². The van der Waals surface area contributed by atoms with Crippen LogP contribution in [0.25, 0.3) is 0 Å². The molecule has 15 heteroatoms. The van der Waals surface area contributed by atoms with Crippen LogP contribution in [-0.2, 0) is 33.9 Å². The first-order chi connectivity index (χ1) is 18.3. The van der Waals surface area contributed by atoms with E-state index in [-0.39, 0.29) is 23.9 Å². The van der Waals surface area contributed by atoms with Crippen LogP contribution in [-0.4, -0.2) is 137 Å². The van der Waals surface area contributed by atoms with E-state index in [1.165, 1.54) is 0 Å². The molecule has 0 saturated carbocycles. The number of likely N-dealkylation sites (tertiary alicyclic amines) is 1. The van der Waals surface area contributed by atoms with E-state index < -0.39 is 40.1 Å². The zero-order valence-corrected chi connectivity index (χ0v) is 23.3. The molecule has 3 aliphatic rings. The largest absolute Gasteiger partial charge is 0.479 e. The number of hydrogen-bond donors (Lipinski definition) is 4. The number of unbranched alkanes of at least 4 members (excludes halogenated alkanes) is 2. The van der Waals surface area contributed by atoms with E-state index in [2.05, 4.69) is 4.90 Å². The summed E-state index contributed by atoms with van der Waals surface area (Å²) in [7, 11) is -3.61. The zero-order valence-electron chi connectivity index (χ0n) is 22.5. The Balaban J connectivity index is 0.000000455. The maximum Gasteiger partial charge on any atom is 0.335 e. The Morgan fingerprint density at radius 1 is 1.00 bits per heavy atom. The number of hydrogen-bond acceptors (Lipinski definition) is 10.